The van der Waals surface area contributed by atoms with Gasteiger partial charge in [0.1, 0.15) is 6.61 Å². The number of fused-ring (bicyclic) bond motifs is 1. The van der Waals surface area contributed by atoms with E-state index < -0.39 is 6.61 Å². The SMILES string of the molecule is Cc1cc(C)c2cc(C(=O)CO)ccc2n1. The van der Waals surface area contributed by atoms with E-state index in [4.69, 9.17) is 5.11 Å². The molecule has 0 aliphatic carbocycles. The van der Waals surface area contributed by atoms with E-state index in [1.165, 1.54) is 0 Å². The third kappa shape index (κ3) is 1.82. The van der Waals surface area contributed by atoms with E-state index in [2.05, 4.69) is 4.98 Å². The molecule has 1 aromatic heterocycles. The van der Waals surface area contributed by atoms with Crippen molar-refractivity contribution in [1.29, 1.82) is 0 Å². The van der Waals surface area contributed by atoms with Gasteiger partial charge in [0.25, 0.3) is 0 Å². The van der Waals surface area contributed by atoms with E-state index in [9.17, 15) is 4.79 Å². The molecule has 0 atom stereocenters. The molecule has 0 radical (unpaired) electrons. The summed E-state index contributed by atoms with van der Waals surface area (Å²) in [5, 5.41) is 9.77. The van der Waals surface area contributed by atoms with Gasteiger partial charge >= 0.3 is 0 Å². The number of aliphatic hydroxyl groups is 1. The number of Topliss-reactive ketones (excluding diaryl/α,β-unsaturated/α-hetero) is 1. The largest absolute Gasteiger partial charge is 0.388 e. The van der Waals surface area contributed by atoms with Crippen molar-refractivity contribution in [1.82, 2.24) is 4.98 Å². The van der Waals surface area contributed by atoms with Crippen LogP contribution < -0.4 is 0 Å². The van der Waals surface area contributed by atoms with Crippen LogP contribution >= 0.6 is 0 Å². The van der Waals surface area contributed by atoms with Crippen molar-refractivity contribution in [2.24, 2.45) is 0 Å². The molecule has 0 spiro atoms. The first-order valence-electron chi connectivity index (χ1n) is 5.14. The monoisotopic (exact) mass is 215 g/mol. The van der Waals surface area contributed by atoms with Crippen molar-refractivity contribution in [2.45, 2.75) is 13.8 Å². The van der Waals surface area contributed by atoms with Gasteiger partial charge in [0, 0.05) is 16.6 Å². The Bertz CT molecular complexity index is 561. The number of carbonyl (C=O) groups excluding carboxylic acids is 1. The molecule has 2 rings (SSSR count). The van der Waals surface area contributed by atoms with Crippen LogP contribution in [0.1, 0.15) is 21.6 Å². The first kappa shape index (κ1) is 10.8. The summed E-state index contributed by atoms with van der Waals surface area (Å²) in [7, 11) is 0. The number of aromatic nitrogens is 1. The predicted octanol–water partition coefficient (Wildman–Crippen LogP) is 2.03. The molecule has 3 heteroatoms. The topological polar surface area (TPSA) is 50.2 Å². The zero-order chi connectivity index (χ0) is 11.7. The normalized spacial score (nSPS) is 10.7. The van der Waals surface area contributed by atoms with E-state index in [1.54, 1.807) is 12.1 Å². The molecule has 82 valence electrons. The van der Waals surface area contributed by atoms with Gasteiger partial charge in [0.05, 0.1) is 5.52 Å². The van der Waals surface area contributed by atoms with E-state index >= 15 is 0 Å². The Morgan fingerprint density at radius 3 is 2.75 bits per heavy atom. The van der Waals surface area contributed by atoms with E-state index in [1.807, 2.05) is 26.0 Å². The summed E-state index contributed by atoms with van der Waals surface area (Å²) in [6, 6.07) is 7.29. The average Bonchev–Trinajstić information content (AvgIpc) is 2.27. The predicted molar refractivity (Wildman–Crippen MR) is 62.6 cm³/mol. The molecular formula is C13H13NO2. The molecule has 0 bridgehead atoms. The second-order valence-electron chi connectivity index (χ2n) is 3.89. The summed E-state index contributed by atoms with van der Waals surface area (Å²) in [5.41, 5.74) is 3.47. The van der Waals surface area contributed by atoms with Gasteiger partial charge < -0.3 is 5.11 Å². The second kappa shape index (κ2) is 4.02. The molecule has 16 heavy (non-hydrogen) atoms. The number of hydrogen-bond acceptors (Lipinski definition) is 3. The third-order valence-electron chi connectivity index (χ3n) is 2.61. The zero-order valence-corrected chi connectivity index (χ0v) is 9.32. The molecule has 1 heterocycles. The quantitative estimate of drug-likeness (QED) is 0.780. The van der Waals surface area contributed by atoms with Gasteiger partial charge in [-0.1, -0.05) is 0 Å². The molecule has 3 nitrogen and oxygen atoms in total. The van der Waals surface area contributed by atoms with Crippen LogP contribution in [0.4, 0.5) is 0 Å². The van der Waals surface area contributed by atoms with Crippen LogP contribution in [0.5, 0.6) is 0 Å². The number of hydrogen-bond donors (Lipinski definition) is 1. The summed E-state index contributed by atoms with van der Waals surface area (Å²) < 4.78 is 0. The Balaban J connectivity index is 2.66. The molecule has 1 N–H and O–H groups in total. The highest BCUT2D eigenvalue weighted by atomic mass is 16.3. The third-order valence-corrected chi connectivity index (χ3v) is 2.61. The first-order valence-corrected chi connectivity index (χ1v) is 5.14. The maximum absolute atomic E-state index is 11.4. The minimum absolute atomic E-state index is 0.262. The molecule has 0 aliphatic rings. The Labute approximate surface area is 93.7 Å². The molecule has 0 saturated carbocycles. The van der Waals surface area contributed by atoms with Crippen molar-refractivity contribution in [3.8, 4) is 0 Å². The Kier molecular flexibility index (Phi) is 2.71. The number of benzene rings is 1. The van der Waals surface area contributed by atoms with Crippen molar-refractivity contribution in [3.05, 3.63) is 41.1 Å². The maximum atomic E-state index is 11.4. The number of nitrogens with zero attached hydrogens (tertiary/aromatic N) is 1. The molecular weight excluding hydrogens is 202 g/mol. The van der Waals surface area contributed by atoms with Gasteiger partial charge in [-0.15, -0.1) is 0 Å². The average molecular weight is 215 g/mol. The smallest absolute Gasteiger partial charge is 0.188 e. The van der Waals surface area contributed by atoms with Crippen molar-refractivity contribution >= 4 is 16.7 Å². The molecule has 0 fully saturated rings. The second-order valence-corrected chi connectivity index (χ2v) is 3.89. The summed E-state index contributed by atoms with van der Waals surface area (Å²) in [5.74, 6) is -0.262. The summed E-state index contributed by atoms with van der Waals surface area (Å²) in [6.07, 6.45) is 0. The summed E-state index contributed by atoms with van der Waals surface area (Å²) >= 11 is 0. The van der Waals surface area contributed by atoms with E-state index in [0.29, 0.717) is 5.56 Å². The number of aryl methyl sites for hydroxylation is 2. The number of aliphatic hydroxyl groups excluding tert-OH is 1. The lowest BCUT2D eigenvalue weighted by molar-refractivity contribution is 0.0904. The molecule has 0 aliphatic heterocycles. The van der Waals surface area contributed by atoms with Crippen LogP contribution in [-0.2, 0) is 0 Å². The van der Waals surface area contributed by atoms with Gasteiger partial charge in [0.15, 0.2) is 5.78 Å². The maximum Gasteiger partial charge on any atom is 0.188 e. The number of carbonyl (C=O) groups is 1. The molecule has 1 aromatic carbocycles. The van der Waals surface area contributed by atoms with Crippen LogP contribution in [0, 0.1) is 13.8 Å². The lowest BCUT2D eigenvalue weighted by Crippen LogP contribution is -2.04. The highest BCUT2D eigenvalue weighted by Crippen LogP contribution is 2.19. The fourth-order valence-electron chi connectivity index (χ4n) is 1.83. The fourth-order valence-corrected chi connectivity index (χ4v) is 1.83. The Morgan fingerprint density at radius 1 is 1.31 bits per heavy atom. The van der Waals surface area contributed by atoms with Crippen LogP contribution in [0.25, 0.3) is 10.9 Å². The number of rotatable bonds is 2. The first-order chi connectivity index (χ1) is 7.61. The van der Waals surface area contributed by atoms with Gasteiger partial charge in [-0.25, -0.2) is 0 Å². The molecule has 0 saturated heterocycles. The summed E-state index contributed by atoms with van der Waals surface area (Å²) in [4.78, 5) is 15.8. The Hall–Kier alpha value is -1.74. The van der Waals surface area contributed by atoms with Crippen LogP contribution in [0.15, 0.2) is 24.3 Å². The van der Waals surface area contributed by atoms with Crippen LogP contribution in [0.3, 0.4) is 0 Å². The fraction of sp³-hybridized carbons (Fsp3) is 0.231. The van der Waals surface area contributed by atoms with Crippen molar-refractivity contribution in [3.63, 3.8) is 0 Å². The van der Waals surface area contributed by atoms with Gasteiger partial charge in [-0.05, 0) is 43.7 Å². The minimum Gasteiger partial charge on any atom is -0.388 e. The molecule has 0 amide bonds. The van der Waals surface area contributed by atoms with Crippen molar-refractivity contribution < 1.29 is 9.90 Å². The standard InChI is InChI=1S/C13H13NO2/c1-8-5-9(2)14-12-4-3-10(6-11(8)12)13(16)7-15/h3-6,15H,7H2,1-2H3. The van der Waals surface area contributed by atoms with E-state index in [0.717, 1.165) is 22.2 Å². The van der Waals surface area contributed by atoms with Crippen molar-refractivity contribution in [2.75, 3.05) is 6.61 Å². The van der Waals surface area contributed by atoms with Crippen LogP contribution in [-0.4, -0.2) is 22.5 Å². The lowest BCUT2D eigenvalue weighted by Gasteiger charge is -2.05. The molecule has 0 unspecified atom stereocenters. The number of pyridine rings is 1. The van der Waals surface area contributed by atoms with E-state index in [-0.39, 0.29) is 5.78 Å². The van der Waals surface area contributed by atoms with Gasteiger partial charge in [0.2, 0.25) is 0 Å². The zero-order valence-electron chi connectivity index (χ0n) is 9.32. The minimum atomic E-state index is -0.455. The lowest BCUT2D eigenvalue weighted by atomic mass is 10.0. The highest BCUT2D eigenvalue weighted by molar-refractivity contribution is 6.00. The van der Waals surface area contributed by atoms with Crippen LogP contribution in [0.2, 0.25) is 0 Å². The number of ketones is 1. The highest BCUT2D eigenvalue weighted by Gasteiger charge is 2.07. The van der Waals surface area contributed by atoms with Gasteiger partial charge in [-0.3, -0.25) is 9.78 Å². The summed E-state index contributed by atoms with van der Waals surface area (Å²) in [6.45, 7) is 3.48. The van der Waals surface area contributed by atoms with Gasteiger partial charge in [-0.2, -0.15) is 0 Å². The molecule has 2 aromatic rings. The Morgan fingerprint density at radius 2 is 2.06 bits per heavy atom.